The second-order valence-electron chi connectivity index (χ2n) is 2.71. The molecule has 2 aromatic rings. The van der Waals surface area contributed by atoms with Gasteiger partial charge in [0, 0.05) is 5.56 Å². The second-order valence-corrected chi connectivity index (χ2v) is 3.81. The van der Waals surface area contributed by atoms with Gasteiger partial charge in [0.2, 0.25) is 0 Å². The van der Waals surface area contributed by atoms with Crippen LogP contribution >= 0.6 is 22.6 Å². The summed E-state index contributed by atoms with van der Waals surface area (Å²) in [7, 11) is 0. The lowest BCUT2D eigenvalue weighted by Crippen LogP contribution is -1.90. The highest BCUT2D eigenvalue weighted by molar-refractivity contribution is 14.1. The standard InChI is InChI=1S/C10H6FIN2/c11-8-4-2-1-3-7(8)9-5-10(12)14-6-13-9/h1-6H. The van der Waals surface area contributed by atoms with Gasteiger partial charge in [-0.3, -0.25) is 0 Å². The van der Waals surface area contributed by atoms with Crippen molar-refractivity contribution in [1.29, 1.82) is 0 Å². The molecule has 14 heavy (non-hydrogen) atoms. The molecule has 0 aliphatic heterocycles. The van der Waals surface area contributed by atoms with Gasteiger partial charge in [-0.2, -0.15) is 0 Å². The molecule has 4 heteroatoms. The summed E-state index contributed by atoms with van der Waals surface area (Å²) in [5, 5.41) is 0. The lowest BCUT2D eigenvalue weighted by atomic mass is 10.1. The van der Waals surface area contributed by atoms with Crippen LogP contribution in [-0.2, 0) is 0 Å². The minimum atomic E-state index is -0.262. The van der Waals surface area contributed by atoms with Gasteiger partial charge in [0.15, 0.2) is 0 Å². The predicted molar refractivity (Wildman–Crippen MR) is 60.1 cm³/mol. The summed E-state index contributed by atoms with van der Waals surface area (Å²) in [6.07, 6.45) is 1.43. The van der Waals surface area contributed by atoms with E-state index in [4.69, 9.17) is 0 Å². The van der Waals surface area contributed by atoms with Crippen LogP contribution in [0.4, 0.5) is 4.39 Å². The van der Waals surface area contributed by atoms with Gasteiger partial charge in [-0.25, -0.2) is 14.4 Å². The number of hydrogen-bond donors (Lipinski definition) is 0. The minimum Gasteiger partial charge on any atom is -0.236 e. The first kappa shape index (κ1) is 9.51. The Balaban J connectivity index is 2.55. The first-order valence-corrected chi connectivity index (χ1v) is 5.08. The highest BCUT2D eigenvalue weighted by Gasteiger charge is 2.05. The Morgan fingerprint density at radius 1 is 1.14 bits per heavy atom. The Hall–Kier alpha value is -1.04. The quantitative estimate of drug-likeness (QED) is 0.598. The lowest BCUT2D eigenvalue weighted by molar-refractivity contribution is 0.630. The second kappa shape index (κ2) is 4.00. The van der Waals surface area contributed by atoms with Gasteiger partial charge >= 0.3 is 0 Å². The maximum atomic E-state index is 13.3. The summed E-state index contributed by atoms with van der Waals surface area (Å²) in [6, 6.07) is 8.31. The zero-order chi connectivity index (χ0) is 9.97. The fraction of sp³-hybridized carbons (Fsp3) is 0. The molecule has 1 heterocycles. The van der Waals surface area contributed by atoms with Crippen molar-refractivity contribution in [2.24, 2.45) is 0 Å². The van der Waals surface area contributed by atoms with E-state index in [2.05, 4.69) is 32.6 Å². The van der Waals surface area contributed by atoms with Gasteiger partial charge in [-0.15, -0.1) is 0 Å². The van der Waals surface area contributed by atoms with Crippen LogP contribution in [0.3, 0.4) is 0 Å². The van der Waals surface area contributed by atoms with Crippen molar-refractivity contribution >= 4 is 22.6 Å². The maximum Gasteiger partial charge on any atom is 0.132 e. The maximum absolute atomic E-state index is 13.3. The number of benzene rings is 1. The number of aromatic nitrogens is 2. The Bertz CT molecular complexity index is 459. The average Bonchev–Trinajstić information content (AvgIpc) is 2.18. The lowest BCUT2D eigenvalue weighted by Gasteiger charge is -2.01. The van der Waals surface area contributed by atoms with Gasteiger partial charge in [-0.1, -0.05) is 12.1 Å². The van der Waals surface area contributed by atoms with Crippen molar-refractivity contribution in [1.82, 2.24) is 9.97 Å². The third kappa shape index (κ3) is 1.89. The molecule has 0 saturated heterocycles. The van der Waals surface area contributed by atoms with E-state index < -0.39 is 0 Å². The third-order valence-corrected chi connectivity index (χ3v) is 2.37. The van der Waals surface area contributed by atoms with Crippen LogP contribution in [-0.4, -0.2) is 9.97 Å². The number of nitrogens with zero attached hydrogens (tertiary/aromatic N) is 2. The van der Waals surface area contributed by atoms with Gasteiger partial charge in [0.05, 0.1) is 5.69 Å². The number of hydrogen-bond acceptors (Lipinski definition) is 2. The molecule has 0 N–H and O–H groups in total. The van der Waals surface area contributed by atoms with Crippen molar-refractivity contribution in [2.45, 2.75) is 0 Å². The summed E-state index contributed by atoms with van der Waals surface area (Å²) in [5.41, 5.74) is 1.12. The molecule has 2 nitrogen and oxygen atoms in total. The van der Waals surface area contributed by atoms with Crippen molar-refractivity contribution in [3.05, 3.63) is 46.2 Å². The van der Waals surface area contributed by atoms with E-state index in [0.717, 1.165) is 3.70 Å². The van der Waals surface area contributed by atoms with Crippen molar-refractivity contribution in [3.63, 3.8) is 0 Å². The summed E-state index contributed by atoms with van der Waals surface area (Å²) < 4.78 is 14.1. The van der Waals surface area contributed by atoms with Gasteiger partial charge in [0.1, 0.15) is 15.8 Å². The largest absolute Gasteiger partial charge is 0.236 e. The summed E-state index contributed by atoms with van der Waals surface area (Å²) in [5.74, 6) is -0.262. The van der Waals surface area contributed by atoms with Crippen LogP contribution in [0, 0.1) is 9.52 Å². The Morgan fingerprint density at radius 3 is 2.64 bits per heavy atom. The zero-order valence-electron chi connectivity index (χ0n) is 7.11. The van der Waals surface area contributed by atoms with Gasteiger partial charge < -0.3 is 0 Å². The smallest absolute Gasteiger partial charge is 0.132 e. The molecule has 0 atom stereocenters. The van der Waals surface area contributed by atoms with E-state index in [0.29, 0.717) is 11.3 Å². The van der Waals surface area contributed by atoms with Crippen LogP contribution in [0.25, 0.3) is 11.3 Å². The predicted octanol–water partition coefficient (Wildman–Crippen LogP) is 2.89. The normalized spacial score (nSPS) is 10.1. The monoisotopic (exact) mass is 300 g/mol. The molecule has 0 aliphatic rings. The van der Waals surface area contributed by atoms with Crippen molar-refractivity contribution in [2.75, 3.05) is 0 Å². The van der Waals surface area contributed by atoms with Gasteiger partial charge in [0.25, 0.3) is 0 Å². The molecule has 0 radical (unpaired) electrons. The van der Waals surface area contributed by atoms with Crippen LogP contribution in [0.15, 0.2) is 36.7 Å². The molecule has 2 rings (SSSR count). The Morgan fingerprint density at radius 2 is 1.93 bits per heavy atom. The molecular weight excluding hydrogens is 294 g/mol. The summed E-state index contributed by atoms with van der Waals surface area (Å²) in [4.78, 5) is 7.96. The average molecular weight is 300 g/mol. The zero-order valence-corrected chi connectivity index (χ0v) is 9.27. The van der Waals surface area contributed by atoms with Crippen molar-refractivity contribution in [3.8, 4) is 11.3 Å². The van der Waals surface area contributed by atoms with Crippen LogP contribution in [0.2, 0.25) is 0 Å². The molecule has 1 aromatic carbocycles. The molecule has 0 bridgehead atoms. The molecule has 70 valence electrons. The summed E-state index contributed by atoms with van der Waals surface area (Å²) in [6.45, 7) is 0. The van der Waals surface area contributed by atoms with E-state index in [-0.39, 0.29) is 5.82 Å². The van der Waals surface area contributed by atoms with E-state index in [1.54, 1.807) is 24.3 Å². The van der Waals surface area contributed by atoms with Crippen LogP contribution in [0.1, 0.15) is 0 Å². The highest BCUT2D eigenvalue weighted by atomic mass is 127. The van der Waals surface area contributed by atoms with E-state index >= 15 is 0 Å². The third-order valence-electron chi connectivity index (χ3n) is 1.78. The molecule has 0 unspecified atom stereocenters. The highest BCUT2D eigenvalue weighted by Crippen LogP contribution is 2.20. The summed E-state index contributed by atoms with van der Waals surface area (Å²) >= 11 is 2.07. The molecule has 0 saturated carbocycles. The molecule has 0 fully saturated rings. The first-order valence-electron chi connectivity index (χ1n) is 4.00. The van der Waals surface area contributed by atoms with Crippen molar-refractivity contribution < 1.29 is 4.39 Å². The van der Waals surface area contributed by atoms with Gasteiger partial charge in [-0.05, 0) is 40.8 Å². The topological polar surface area (TPSA) is 25.8 Å². The first-order chi connectivity index (χ1) is 6.77. The van der Waals surface area contributed by atoms with E-state index in [9.17, 15) is 4.39 Å². The molecular formula is C10H6FIN2. The van der Waals surface area contributed by atoms with E-state index in [1.807, 2.05) is 0 Å². The molecule has 0 spiro atoms. The van der Waals surface area contributed by atoms with Crippen LogP contribution in [0.5, 0.6) is 0 Å². The SMILES string of the molecule is Fc1ccccc1-c1cc(I)ncn1. The Kier molecular flexibility index (Phi) is 2.72. The number of halogens is 2. The van der Waals surface area contributed by atoms with E-state index in [1.165, 1.54) is 12.4 Å². The van der Waals surface area contributed by atoms with Crippen LogP contribution < -0.4 is 0 Å². The molecule has 0 amide bonds. The minimum absolute atomic E-state index is 0.262. The fourth-order valence-corrected chi connectivity index (χ4v) is 1.57. The molecule has 1 aromatic heterocycles. The fourth-order valence-electron chi connectivity index (χ4n) is 1.15. The Labute approximate surface area is 94.4 Å². The number of rotatable bonds is 1. The molecule has 0 aliphatic carbocycles.